The van der Waals surface area contributed by atoms with Crippen LogP contribution in [0, 0.1) is 0 Å². The van der Waals surface area contributed by atoms with Gasteiger partial charge in [-0.2, -0.15) is 0 Å². The van der Waals surface area contributed by atoms with E-state index in [4.69, 9.17) is 4.74 Å². The topological polar surface area (TPSA) is 12.5 Å². The van der Waals surface area contributed by atoms with E-state index < -0.39 is 0 Å². The first kappa shape index (κ1) is 26.6. The quantitative estimate of drug-likeness (QED) is 0.199. The molecule has 1 aliphatic heterocycles. The van der Waals surface area contributed by atoms with Crippen molar-refractivity contribution in [3.8, 4) is 22.6 Å². The van der Waals surface area contributed by atoms with Gasteiger partial charge >= 0.3 is 0 Å². The van der Waals surface area contributed by atoms with E-state index >= 15 is 0 Å². The molecule has 2 aliphatic rings. The van der Waals surface area contributed by atoms with Crippen LogP contribution in [0.15, 0.2) is 168 Å². The number of anilines is 2. The van der Waals surface area contributed by atoms with Crippen molar-refractivity contribution in [1.29, 1.82) is 0 Å². The van der Waals surface area contributed by atoms with E-state index in [9.17, 15) is 0 Å². The fourth-order valence-corrected chi connectivity index (χ4v) is 7.49. The minimum atomic E-state index is -0.261. The summed E-state index contributed by atoms with van der Waals surface area (Å²) in [5.41, 5.74) is 6.99. The maximum absolute atomic E-state index is 6.29. The number of hydrogen-bond acceptors (Lipinski definition) is 3. The van der Waals surface area contributed by atoms with Crippen LogP contribution in [0.4, 0.5) is 11.4 Å². The summed E-state index contributed by atoms with van der Waals surface area (Å²) in [7, 11) is 0. The van der Waals surface area contributed by atoms with Crippen molar-refractivity contribution >= 4 is 39.5 Å². The standard InChI is InChI=1S/C41H31NOS/c1-41(27-25-30(26-28-41)29-11-3-2-4-12-29)42(36-17-9-14-31-13-5-6-15-34(31)36)33-23-21-32(22-24-33)35-16-10-19-38-40(35)44-39-20-8-7-18-37(39)43-38/h2-27H,28H2,1H3. The van der Waals surface area contributed by atoms with Crippen LogP contribution in [0.3, 0.4) is 0 Å². The van der Waals surface area contributed by atoms with Gasteiger partial charge in [-0.05, 0) is 77.4 Å². The smallest absolute Gasteiger partial charge is 0.142 e. The Morgan fingerprint density at radius 1 is 0.659 bits per heavy atom. The maximum atomic E-state index is 6.29. The molecular formula is C41H31NOS. The zero-order valence-corrected chi connectivity index (χ0v) is 25.3. The highest BCUT2D eigenvalue weighted by Gasteiger charge is 2.33. The van der Waals surface area contributed by atoms with Crippen LogP contribution in [0.25, 0.3) is 27.5 Å². The summed E-state index contributed by atoms with van der Waals surface area (Å²) in [6.45, 7) is 2.34. The summed E-state index contributed by atoms with van der Waals surface area (Å²) in [6, 6.07) is 49.6. The third-order valence-corrected chi connectivity index (χ3v) is 9.86. The van der Waals surface area contributed by atoms with Gasteiger partial charge < -0.3 is 9.64 Å². The monoisotopic (exact) mass is 585 g/mol. The molecule has 212 valence electrons. The zero-order chi connectivity index (χ0) is 29.5. The summed E-state index contributed by atoms with van der Waals surface area (Å²) in [4.78, 5) is 4.82. The Bertz CT molecular complexity index is 2060. The summed E-state index contributed by atoms with van der Waals surface area (Å²) in [6.07, 6.45) is 7.94. The number of rotatable bonds is 5. The third-order valence-electron chi connectivity index (χ3n) is 8.68. The second-order valence-corrected chi connectivity index (χ2v) is 12.6. The second kappa shape index (κ2) is 10.9. The van der Waals surface area contributed by atoms with Crippen LogP contribution < -0.4 is 9.64 Å². The fraction of sp³-hybridized carbons (Fsp3) is 0.0732. The summed E-state index contributed by atoms with van der Waals surface area (Å²) < 4.78 is 6.29. The first-order valence-corrected chi connectivity index (χ1v) is 15.9. The van der Waals surface area contributed by atoms with Crippen molar-refractivity contribution in [2.24, 2.45) is 0 Å². The van der Waals surface area contributed by atoms with Gasteiger partial charge in [-0.25, -0.2) is 0 Å². The van der Waals surface area contributed by atoms with E-state index in [1.54, 1.807) is 11.8 Å². The van der Waals surface area contributed by atoms with Crippen LogP contribution in [-0.4, -0.2) is 5.54 Å². The zero-order valence-electron chi connectivity index (χ0n) is 24.5. The Morgan fingerprint density at radius 3 is 2.23 bits per heavy atom. The molecule has 0 fully saturated rings. The molecular weight excluding hydrogens is 555 g/mol. The number of para-hydroxylation sites is 1. The van der Waals surface area contributed by atoms with Crippen LogP contribution >= 0.6 is 11.8 Å². The predicted molar refractivity (Wildman–Crippen MR) is 185 cm³/mol. The van der Waals surface area contributed by atoms with Crippen molar-refractivity contribution in [1.82, 2.24) is 0 Å². The van der Waals surface area contributed by atoms with Crippen LogP contribution in [0.1, 0.15) is 18.9 Å². The van der Waals surface area contributed by atoms with Crippen molar-refractivity contribution in [2.75, 3.05) is 4.90 Å². The lowest BCUT2D eigenvalue weighted by molar-refractivity contribution is 0.455. The van der Waals surface area contributed by atoms with E-state index in [1.807, 2.05) is 12.1 Å². The molecule has 0 spiro atoms. The molecule has 0 radical (unpaired) electrons. The molecule has 0 aromatic heterocycles. The van der Waals surface area contributed by atoms with Gasteiger partial charge in [0.1, 0.15) is 11.5 Å². The lowest BCUT2D eigenvalue weighted by Gasteiger charge is -2.43. The van der Waals surface area contributed by atoms with E-state index in [0.29, 0.717) is 0 Å². The van der Waals surface area contributed by atoms with Crippen molar-refractivity contribution in [3.63, 3.8) is 0 Å². The molecule has 0 N–H and O–H groups in total. The summed E-state index contributed by atoms with van der Waals surface area (Å²) >= 11 is 1.78. The molecule has 0 amide bonds. The number of nitrogens with zero attached hydrogens (tertiary/aromatic N) is 1. The Morgan fingerprint density at radius 2 is 1.39 bits per heavy atom. The predicted octanol–water partition coefficient (Wildman–Crippen LogP) is 11.7. The second-order valence-electron chi connectivity index (χ2n) is 11.6. The molecule has 1 unspecified atom stereocenters. The van der Waals surface area contributed by atoms with E-state index in [-0.39, 0.29) is 5.54 Å². The number of allylic oxidation sites excluding steroid dienone is 2. The molecule has 1 aliphatic carbocycles. The van der Waals surface area contributed by atoms with Crippen LogP contribution in [-0.2, 0) is 0 Å². The molecule has 8 rings (SSSR count). The highest BCUT2D eigenvalue weighted by molar-refractivity contribution is 7.99. The first-order chi connectivity index (χ1) is 21.7. The number of fused-ring (bicyclic) bond motifs is 3. The van der Waals surface area contributed by atoms with Crippen LogP contribution in [0.2, 0.25) is 0 Å². The highest BCUT2D eigenvalue weighted by atomic mass is 32.2. The largest absolute Gasteiger partial charge is 0.455 e. The number of hydrogen-bond donors (Lipinski definition) is 0. The highest BCUT2D eigenvalue weighted by Crippen LogP contribution is 2.51. The first-order valence-electron chi connectivity index (χ1n) is 15.1. The molecule has 44 heavy (non-hydrogen) atoms. The molecule has 3 heteroatoms. The van der Waals surface area contributed by atoms with Crippen molar-refractivity contribution in [3.05, 3.63) is 163 Å². The van der Waals surface area contributed by atoms with Gasteiger partial charge in [0.2, 0.25) is 0 Å². The van der Waals surface area contributed by atoms with Gasteiger partial charge in [-0.15, -0.1) is 0 Å². The van der Waals surface area contributed by atoms with Gasteiger partial charge in [-0.3, -0.25) is 0 Å². The third kappa shape index (κ3) is 4.70. The fourth-order valence-electron chi connectivity index (χ4n) is 6.41. The maximum Gasteiger partial charge on any atom is 0.142 e. The van der Waals surface area contributed by atoms with E-state index in [0.717, 1.165) is 33.4 Å². The number of ether oxygens (including phenoxy) is 1. The molecule has 1 atom stereocenters. The SMILES string of the molecule is CC1(N(c2ccc(-c3cccc4c3Sc3ccccc3O4)cc2)c2cccc3ccccc23)C=CC(c2ccccc2)=CC1. The average molecular weight is 586 g/mol. The van der Waals surface area contributed by atoms with Crippen molar-refractivity contribution < 1.29 is 4.74 Å². The van der Waals surface area contributed by atoms with Gasteiger partial charge in [0.25, 0.3) is 0 Å². The van der Waals surface area contributed by atoms with Gasteiger partial charge in [0.15, 0.2) is 0 Å². The molecule has 0 saturated heterocycles. The van der Waals surface area contributed by atoms with Gasteiger partial charge in [0.05, 0.1) is 15.3 Å². The molecule has 6 aromatic carbocycles. The van der Waals surface area contributed by atoms with Crippen molar-refractivity contribution in [2.45, 2.75) is 28.7 Å². The van der Waals surface area contributed by atoms with E-state index in [1.165, 1.54) is 38.7 Å². The molecule has 6 aromatic rings. The Hall–Kier alpha value is -4.99. The van der Waals surface area contributed by atoms with E-state index in [2.05, 4.69) is 157 Å². The van der Waals surface area contributed by atoms with Gasteiger partial charge in [-0.1, -0.05) is 133 Å². The minimum Gasteiger partial charge on any atom is -0.455 e. The summed E-state index contributed by atoms with van der Waals surface area (Å²) in [5.74, 6) is 1.83. The Kier molecular flexibility index (Phi) is 6.61. The lowest BCUT2D eigenvalue weighted by Crippen LogP contribution is -2.42. The minimum absolute atomic E-state index is 0.261. The summed E-state index contributed by atoms with van der Waals surface area (Å²) in [5, 5.41) is 2.49. The normalized spacial score (nSPS) is 16.9. The molecule has 1 heterocycles. The lowest BCUT2D eigenvalue weighted by atomic mass is 9.85. The van der Waals surface area contributed by atoms with Gasteiger partial charge in [0, 0.05) is 16.8 Å². The molecule has 0 bridgehead atoms. The number of benzene rings is 6. The molecule has 0 saturated carbocycles. The Balaban J connectivity index is 1.20. The Labute approximate surface area is 263 Å². The van der Waals surface area contributed by atoms with Crippen LogP contribution in [0.5, 0.6) is 11.5 Å². The average Bonchev–Trinajstić information content (AvgIpc) is 3.08. The molecule has 2 nitrogen and oxygen atoms in total.